The highest BCUT2D eigenvalue weighted by atomic mass is 19.1. The zero-order valence-electron chi connectivity index (χ0n) is 14.7. The number of nitrogens with zero attached hydrogens (tertiary/aromatic N) is 3. The van der Waals surface area contributed by atoms with Gasteiger partial charge < -0.3 is 15.4 Å². The van der Waals surface area contributed by atoms with E-state index in [0.717, 1.165) is 11.3 Å². The summed E-state index contributed by atoms with van der Waals surface area (Å²) >= 11 is 0. The maximum Gasteiger partial charge on any atom is 0.244 e. The van der Waals surface area contributed by atoms with Crippen LogP contribution in [0, 0.1) is 12.7 Å². The highest BCUT2D eigenvalue weighted by molar-refractivity contribution is 5.65. The first-order valence-electron chi connectivity index (χ1n) is 8.24. The summed E-state index contributed by atoms with van der Waals surface area (Å²) < 4.78 is 19.0. The molecule has 0 saturated heterocycles. The lowest BCUT2D eigenvalue weighted by molar-refractivity contribution is 0.416. The minimum Gasteiger partial charge on any atom is -0.495 e. The number of aromatic nitrogens is 3. The lowest BCUT2D eigenvalue weighted by Gasteiger charge is -2.12. The van der Waals surface area contributed by atoms with Crippen LogP contribution in [0.15, 0.2) is 48.7 Å². The summed E-state index contributed by atoms with van der Waals surface area (Å²) in [7, 11) is 1.61. The summed E-state index contributed by atoms with van der Waals surface area (Å²) in [5.74, 6) is 1.41. The molecule has 1 aromatic heterocycles. The Balaban J connectivity index is 1.65. The van der Waals surface area contributed by atoms with E-state index in [-0.39, 0.29) is 5.82 Å². The SMILES string of the molecule is COc1ccc(C)cc1Nc1cnnc(NCCc2ccccc2F)n1. The van der Waals surface area contributed by atoms with Crippen molar-refractivity contribution < 1.29 is 9.13 Å². The van der Waals surface area contributed by atoms with E-state index in [0.29, 0.717) is 36.0 Å². The first kappa shape index (κ1) is 17.6. The van der Waals surface area contributed by atoms with Gasteiger partial charge in [0.25, 0.3) is 0 Å². The van der Waals surface area contributed by atoms with E-state index < -0.39 is 0 Å². The van der Waals surface area contributed by atoms with E-state index >= 15 is 0 Å². The highest BCUT2D eigenvalue weighted by Gasteiger charge is 2.07. The Morgan fingerprint density at radius 2 is 2.00 bits per heavy atom. The number of anilines is 3. The van der Waals surface area contributed by atoms with Crippen molar-refractivity contribution in [2.75, 3.05) is 24.3 Å². The average molecular weight is 353 g/mol. The number of hydrogen-bond acceptors (Lipinski definition) is 6. The molecule has 3 aromatic rings. The molecule has 2 N–H and O–H groups in total. The third kappa shape index (κ3) is 4.44. The third-order valence-electron chi connectivity index (χ3n) is 3.81. The van der Waals surface area contributed by atoms with Gasteiger partial charge in [-0.1, -0.05) is 24.3 Å². The lowest BCUT2D eigenvalue weighted by atomic mass is 10.1. The Morgan fingerprint density at radius 1 is 1.15 bits per heavy atom. The molecule has 0 amide bonds. The van der Waals surface area contributed by atoms with Crippen LogP contribution < -0.4 is 15.4 Å². The fourth-order valence-corrected chi connectivity index (χ4v) is 2.51. The minimum absolute atomic E-state index is 0.213. The van der Waals surface area contributed by atoms with E-state index in [1.54, 1.807) is 19.2 Å². The molecule has 0 aliphatic carbocycles. The molecule has 0 bridgehead atoms. The van der Waals surface area contributed by atoms with Crippen molar-refractivity contribution in [3.63, 3.8) is 0 Å². The Morgan fingerprint density at radius 3 is 2.81 bits per heavy atom. The number of rotatable bonds is 7. The molecule has 7 heteroatoms. The van der Waals surface area contributed by atoms with Gasteiger partial charge in [-0.3, -0.25) is 0 Å². The molecule has 0 radical (unpaired) electrons. The molecule has 6 nitrogen and oxygen atoms in total. The molecule has 0 saturated carbocycles. The van der Waals surface area contributed by atoms with E-state index in [4.69, 9.17) is 4.74 Å². The number of benzene rings is 2. The van der Waals surface area contributed by atoms with Gasteiger partial charge in [0.05, 0.1) is 19.0 Å². The number of ether oxygens (including phenoxy) is 1. The Hall–Kier alpha value is -3.22. The van der Waals surface area contributed by atoms with Crippen molar-refractivity contribution in [2.24, 2.45) is 0 Å². The van der Waals surface area contributed by atoms with Gasteiger partial charge in [0.1, 0.15) is 11.6 Å². The quantitative estimate of drug-likeness (QED) is 0.674. The van der Waals surface area contributed by atoms with Crippen LogP contribution in [-0.4, -0.2) is 28.8 Å². The zero-order chi connectivity index (χ0) is 18.4. The second-order valence-electron chi connectivity index (χ2n) is 5.76. The first-order chi connectivity index (χ1) is 12.7. The number of aryl methyl sites for hydroxylation is 1. The molecule has 26 heavy (non-hydrogen) atoms. The average Bonchev–Trinajstić information content (AvgIpc) is 2.64. The smallest absolute Gasteiger partial charge is 0.244 e. The molecule has 0 fully saturated rings. The van der Waals surface area contributed by atoms with Crippen LogP contribution in [0.5, 0.6) is 5.75 Å². The summed E-state index contributed by atoms with van der Waals surface area (Å²) in [5.41, 5.74) is 2.54. The summed E-state index contributed by atoms with van der Waals surface area (Å²) in [5, 5.41) is 14.2. The van der Waals surface area contributed by atoms with E-state index in [1.165, 1.54) is 12.3 Å². The van der Waals surface area contributed by atoms with Gasteiger partial charge in [-0.2, -0.15) is 10.1 Å². The van der Waals surface area contributed by atoms with Gasteiger partial charge in [0.15, 0.2) is 5.82 Å². The van der Waals surface area contributed by atoms with Gasteiger partial charge in [-0.15, -0.1) is 5.10 Å². The van der Waals surface area contributed by atoms with Gasteiger partial charge in [-0.25, -0.2) is 4.39 Å². The number of hydrogen-bond donors (Lipinski definition) is 2. The Kier molecular flexibility index (Phi) is 5.58. The maximum atomic E-state index is 13.6. The Bertz CT molecular complexity index is 887. The molecule has 134 valence electrons. The van der Waals surface area contributed by atoms with Crippen LogP contribution in [0.4, 0.5) is 21.8 Å². The molecule has 0 atom stereocenters. The third-order valence-corrected chi connectivity index (χ3v) is 3.81. The van der Waals surface area contributed by atoms with Gasteiger partial charge in [-0.05, 0) is 42.7 Å². The minimum atomic E-state index is -0.213. The van der Waals surface area contributed by atoms with Crippen LogP contribution in [0.25, 0.3) is 0 Å². The van der Waals surface area contributed by atoms with Crippen molar-refractivity contribution in [3.8, 4) is 5.75 Å². The van der Waals surface area contributed by atoms with Gasteiger partial charge in [0, 0.05) is 6.54 Å². The number of methoxy groups -OCH3 is 1. The standard InChI is InChI=1S/C19H20FN5O/c1-13-7-8-17(26-2)16(11-13)23-18-12-22-25-19(24-18)21-10-9-14-5-3-4-6-15(14)20/h3-8,11-12H,9-10H2,1-2H3,(H2,21,23,24,25). The van der Waals surface area contributed by atoms with Crippen molar-refractivity contribution in [1.82, 2.24) is 15.2 Å². The largest absolute Gasteiger partial charge is 0.495 e. The summed E-state index contributed by atoms with van der Waals surface area (Å²) in [4.78, 5) is 4.38. The fraction of sp³-hybridized carbons (Fsp3) is 0.211. The van der Waals surface area contributed by atoms with Crippen LogP contribution in [0.1, 0.15) is 11.1 Å². The molecule has 0 aliphatic rings. The second-order valence-corrected chi connectivity index (χ2v) is 5.76. The van der Waals surface area contributed by atoms with Gasteiger partial charge in [0.2, 0.25) is 5.95 Å². The van der Waals surface area contributed by atoms with E-state index in [9.17, 15) is 4.39 Å². The van der Waals surface area contributed by atoms with Crippen LogP contribution in [0.2, 0.25) is 0 Å². The molecule has 3 rings (SSSR count). The second kappa shape index (κ2) is 8.24. The molecular weight excluding hydrogens is 333 g/mol. The van der Waals surface area contributed by atoms with Crippen LogP contribution >= 0.6 is 0 Å². The van der Waals surface area contributed by atoms with Crippen molar-refractivity contribution >= 4 is 17.5 Å². The highest BCUT2D eigenvalue weighted by Crippen LogP contribution is 2.27. The van der Waals surface area contributed by atoms with Crippen molar-refractivity contribution in [3.05, 3.63) is 65.6 Å². The number of halogens is 1. The zero-order valence-corrected chi connectivity index (χ0v) is 14.7. The Labute approximate surface area is 151 Å². The molecule has 2 aromatic carbocycles. The number of nitrogens with one attached hydrogen (secondary N) is 2. The predicted molar refractivity (Wildman–Crippen MR) is 99.4 cm³/mol. The van der Waals surface area contributed by atoms with Crippen LogP contribution in [-0.2, 0) is 6.42 Å². The van der Waals surface area contributed by atoms with Gasteiger partial charge >= 0.3 is 0 Å². The molecule has 1 heterocycles. The molecule has 0 spiro atoms. The predicted octanol–water partition coefficient (Wildman–Crippen LogP) is 3.73. The monoisotopic (exact) mass is 353 g/mol. The topological polar surface area (TPSA) is 72.0 Å². The molecule has 0 unspecified atom stereocenters. The summed E-state index contributed by atoms with van der Waals surface area (Å²) in [6, 6.07) is 12.5. The maximum absolute atomic E-state index is 13.6. The lowest BCUT2D eigenvalue weighted by Crippen LogP contribution is -2.10. The van der Waals surface area contributed by atoms with Crippen LogP contribution in [0.3, 0.4) is 0 Å². The van der Waals surface area contributed by atoms with Crippen molar-refractivity contribution in [2.45, 2.75) is 13.3 Å². The van der Waals surface area contributed by atoms with E-state index in [2.05, 4.69) is 25.8 Å². The summed E-state index contributed by atoms with van der Waals surface area (Å²) in [6.07, 6.45) is 2.06. The van der Waals surface area contributed by atoms with E-state index in [1.807, 2.05) is 31.2 Å². The molecular formula is C19H20FN5O. The normalized spacial score (nSPS) is 10.4. The van der Waals surface area contributed by atoms with Crippen molar-refractivity contribution in [1.29, 1.82) is 0 Å². The summed E-state index contributed by atoms with van der Waals surface area (Å²) in [6.45, 7) is 2.50. The first-order valence-corrected chi connectivity index (χ1v) is 8.24. The molecule has 0 aliphatic heterocycles. The fourth-order valence-electron chi connectivity index (χ4n) is 2.51.